The molecule has 0 saturated carbocycles. The Morgan fingerprint density at radius 2 is 0.560 bits per heavy atom. The maximum absolute atomic E-state index is 12.5. The number of sulfone groups is 1. The highest BCUT2D eigenvalue weighted by Gasteiger charge is 2.24. The van der Waals surface area contributed by atoms with Crippen LogP contribution in [0.15, 0.2) is 265 Å². The summed E-state index contributed by atoms with van der Waals surface area (Å²) in [6, 6.07) is 84.8. The first-order valence-corrected chi connectivity index (χ1v) is 46.3. The minimum absolute atomic E-state index is 0.0446. The number of Topliss-reactive ketones (excluding diaryl/α,β-unsaturated/α-hetero) is 1. The Kier molecular flexibility index (Phi) is 30.6. The maximum atomic E-state index is 12.5. The molecule has 5 N–H and O–H groups in total. The lowest BCUT2D eigenvalue weighted by Crippen LogP contribution is -2.40. The second kappa shape index (κ2) is 39.1. The highest BCUT2D eigenvalue weighted by atomic mass is 32.2. The number of rotatable bonds is 6. The summed E-state index contributed by atoms with van der Waals surface area (Å²) in [5.74, 6) is -0.208. The molecule has 13 nitrogen and oxygen atoms in total. The first-order chi connectivity index (χ1) is 57.9. The number of primary amides is 1. The molecule has 1 aliphatic rings. The van der Waals surface area contributed by atoms with Crippen molar-refractivity contribution >= 4 is 119 Å². The molecule has 0 radical (unpaired) electrons. The van der Waals surface area contributed by atoms with Gasteiger partial charge in [0.05, 0.1) is 23.0 Å². The third-order valence-corrected chi connectivity index (χ3v) is 24.5. The molecule has 0 spiro atoms. The maximum Gasteiger partial charge on any atom is 0.254 e. The Morgan fingerprint density at radius 1 is 0.320 bits per heavy atom. The third-order valence-electron chi connectivity index (χ3n) is 22.5. The molecule has 1 fully saturated rings. The lowest BCUT2D eigenvalue weighted by Gasteiger charge is -2.27. The first kappa shape index (κ1) is 97.6. The Balaban J connectivity index is 0.000000166. The Bertz CT molecular complexity index is 6310. The number of benzene rings is 14. The van der Waals surface area contributed by atoms with Crippen LogP contribution in [0.4, 0.5) is 0 Å². The van der Waals surface area contributed by atoms with Crippen LogP contribution in [0.1, 0.15) is 238 Å². The number of nitrogens with one attached hydrogen (secondary N) is 1. The number of amides is 3. The Morgan fingerprint density at radius 3 is 0.864 bits per heavy atom. The van der Waals surface area contributed by atoms with Crippen molar-refractivity contribution in [3.63, 3.8) is 0 Å². The van der Waals surface area contributed by atoms with Crippen LogP contribution in [-0.4, -0.2) is 84.8 Å². The Hall–Kier alpha value is -11.2. The van der Waals surface area contributed by atoms with Gasteiger partial charge < -0.3 is 20.7 Å². The molecule has 1 aliphatic heterocycles. The number of morpholine rings is 1. The van der Waals surface area contributed by atoms with E-state index in [-0.39, 0.29) is 66.3 Å². The quantitative estimate of drug-likeness (QED) is 0.135. The van der Waals surface area contributed by atoms with Crippen molar-refractivity contribution in [3.05, 3.63) is 322 Å². The number of carbonyl (C=O) groups excluding carboxylic acids is 4. The minimum atomic E-state index is -3.63. The van der Waals surface area contributed by atoms with E-state index in [1.54, 1.807) is 50.4 Å². The van der Waals surface area contributed by atoms with E-state index in [9.17, 15) is 36.0 Å². The van der Waals surface area contributed by atoms with E-state index in [1.807, 2.05) is 95.9 Å². The predicted molar refractivity (Wildman–Crippen MR) is 526 cm³/mol. The van der Waals surface area contributed by atoms with Gasteiger partial charge in [-0.25, -0.2) is 22.0 Å². The number of nitrogens with two attached hydrogens (primary N) is 2. The van der Waals surface area contributed by atoms with E-state index in [0.29, 0.717) is 42.3 Å². The normalized spacial score (nSPS) is 12.8. The largest absolute Gasteiger partial charge is 0.378 e. The number of hydrogen-bond acceptors (Lipinski definition) is 9. The van der Waals surface area contributed by atoms with Gasteiger partial charge in [0.25, 0.3) is 11.8 Å². The summed E-state index contributed by atoms with van der Waals surface area (Å²) in [6.45, 7) is 52.5. The van der Waals surface area contributed by atoms with Gasteiger partial charge in [-0.3, -0.25) is 19.2 Å². The molecule has 656 valence electrons. The van der Waals surface area contributed by atoms with Crippen molar-refractivity contribution in [2.45, 2.75) is 207 Å². The van der Waals surface area contributed by atoms with Crippen molar-refractivity contribution in [2.75, 3.05) is 39.6 Å². The van der Waals surface area contributed by atoms with E-state index in [4.69, 9.17) is 15.6 Å². The van der Waals surface area contributed by atoms with Crippen LogP contribution in [0.5, 0.6) is 0 Å². The number of ketones is 1. The van der Waals surface area contributed by atoms with Crippen LogP contribution in [0.25, 0.3) is 75.4 Å². The molecule has 0 atom stereocenters. The van der Waals surface area contributed by atoms with Crippen molar-refractivity contribution < 1.29 is 40.8 Å². The van der Waals surface area contributed by atoms with Gasteiger partial charge in [-0.2, -0.15) is 0 Å². The zero-order chi connectivity index (χ0) is 92.5. The van der Waals surface area contributed by atoms with Crippen molar-refractivity contribution in [2.24, 2.45) is 10.9 Å². The molecule has 14 aromatic rings. The van der Waals surface area contributed by atoms with Crippen LogP contribution in [0.2, 0.25) is 0 Å². The molecule has 125 heavy (non-hydrogen) atoms. The summed E-state index contributed by atoms with van der Waals surface area (Å²) in [6.07, 6.45) is 1.23. The number of hydrogen-bond donors (Lipinski definition) is 3. The van der Waals surface area contributed by atoms with Crippen molar-refractivity contribution in [3.8, 4) is 0 Å². The average molecular weight is 1720 g/mol. The molecule has 3 amide bonds. The third kappa shape index (κ3) is 26.9. The highest BCUT2D eigenvalue weighted by molar-refractivity contribution is 7.90. The number of aryl methyl sites for hydroxylation is 1. The van der Waals surface area contributed by atoms with E-state index < -0.39 is 19.9 Å². The second-order valence-electron chi connectivity index (χ2n) is 40.1. The van der Waals surface area contributed by atoms with Gasteiger partial charge in [0, 0.05) is 48.6 Å². The molecule has 1 saturated heterocycles. The van der Waals surface area contributed by atoms with Gasteiger partial charge in [0.15, 0.2) is 15.6 Å². The van der Waals surface area contributed by atoms with E-state index in [2.05, 4.69) is 285 Å². The molecule has 0 bridgehead atoms. The van der Waals surface area contributed by atoms with Gasteiger partial charge in [-0.15, -0.1) is 0 Å². The fraction of sp³-hybridized carbons (Fsp3) is 0.327. The Labute approximate surface area is 743 Å². The average Bonchev–Trinajstić information content (AvgIpc) is 0.816. The van der Waals surface area contributed by atoms with Crippen LogP contribution in [-0.2, 0) is 62.5 Å². The van der Waals surface area contributed by atoms with Gasteiger partial charge in [0.2, 0.25) is 15.9 Å². The second-order valence-corrected chi connectivity index (χ2v) is 43.7. The van der Waals surface area contributed by atoms with Crippen LogP contribution in [0, 0.1) is 6.92 Å². The molecule has 15 heteroatoms. The fourth-order valence-electron chi connectivity index (χ4n) is 14.2. The molecule has 0 unspecified atom stereocenters. The number of fused-ring (bicyclic) bond motifs is 7. The number of primary sulfonamides is 1. The van der Waals surface area contributed by atoms with Gasteiger partial charge >= 0.3 is 0 Å². The lowest BCUT2D eigenvalue weighted by molar-refractivity contribution is 0.0303. The van der Waals surface area contributed by atoms with Crippen molar-refractivity contribution in [1.29, 1.82) is 0 Å². The smallest absolute Gasteiger partial charge is 0.254 e. The number of ether oxygens (including phenoxy) is 1. The molecular formula is C110H130N4O9S2. The van der Waals surface area contributed by atoms with E-state index in [1.165, 1.54) is 77.7 Å². The minimum Gasteiger partial charge on any atom is -0.378 e. The summed E-state index contributed by atoms with van der Waals surface area (Å²) in [5, 5.41) is 23.5. The SMILES string of the molecule is CC(=O)c1ccc2cc(C(C)(C)C)ccc2c1.CC(C)(C)c1ccc2cc(C(=O)N3CCOCC3)ccc2c1.CC(C)(C)c1ccc2cc(C(N)=O)ccc2c1.CC(C)(C)c1ccc2cc(S(C)(=O)=O)ccc2c1.CC(C)(C)c1ccc2cc(S(N)(=O)=O)ccc2c1.CNC(=O)c1ccc2cc(C(C)(C)C)ccc2c1.Cc1ccc2cc(C(C)(C)C)ccc2c1. The van der Waals surface area contributed by atoms with Crippen LogP contribution >= 0.6 is 0 Å². The van der Waals surface area contributed by atoms with E-state index >= 15 is 0 Å². The van der Waals surface area contributed by atoms with Gasteiger partial charge in [0.1, 0.15) is 0 Å². The van der Waals surface area contributed by atoms with Gasteiger partial charge in [-0.05, 0) is 233 Å². The summed E-state index contributed by atoms with van der Waals surface area (Å²) in [7, 11) is -5.12. The fourth-order valence-corrected chi connectivity index (χ4v) is 15.4. The zero-order valence-electron chi connectivity index (χ0n) is 78.2. The van der Waals surface area contributed by atoms with Gasteiger partial charge in [-0.1, -0.05) is 339 Å². The monoisotopic (exact) mass is 1710 g/mol. The lowest BCUT2D eigenvalue weighted by atomic mass is 9.86. The van der Waals surface area contributed by atoms with E-state index in [0.717, 1.165) is 59.6 Å². The standard InChI is InChI=1S/C19H23NO2.C16H19NO.C16H18O.C15H17NO.C15H18O2S.C15H18.C14H17NO2S/c1-19(2,3)17-7-6-14-12-16(5-4-15(14)13-17)18(21)20-8-10-22-11-9-20;1-16(2,3)14-8-7-11-9-13(15(18)17-4)6-5-12(11)10-14;1-11(17)12-5-6-14-10-15(16(2,3)4)8-7-13(14)9-12;1-15(2,3)13-7-6-10-8-12(14(16)17)5-4-11(10)9-13;1-15(2,3)13-7-5-12-10-14(18(4,16)17)8-6-11(12)9-13;1-11-5-6-13-10-14(15(2,3)4)8-7-12(13)9-11;1-14(2,3)12-6-4-11-9-13(18(15,16)17)7-5-10(11)8-12/h4-7,12-13H,8-11H2,1-3H3;5-10H,1-4H3,(H,17,18);5-10H,1-4H3;4-9H,1-3H3,(H2,16,17);5-10H,1-4H3;5-10H,1-4H3;4-9H,1-3H3,(H2,15,16,17). The first-order valence-electron chi connectivity index (χ1n) is 42.8. The zero-order valence-corrected chi connectivity index (χ0v) is 79.8. The topological polar surface area (TPSA) is 213 Å². The van der Waals surface area contributed by atoms with Crippen molar-refractivity contribution in [1.82, 2.24) is 10.2 Å². The molecular weight excluding hydrogens is 1590 g/mol. The summed E-state index contributed by atoms with van der Waals surface area (Å²) in [5.41, 5.74) is 19.5. The molecule has 14 aromatic carbocycles. The highest BCUT2D eigenvalue weighted by Crippen LogP contribution is 2.35. The summed E-state index contributed by atoms with van der Waals surface area (Å²) in [4.78, 5) is 48.9. The summed E-state index contributed by atoms with van der Waals surface area (Å²) < 4.78 is 50.9. The molecule has 1 heterocycles. The number of carbonyl (C=O) groups is 4. The number of nitrogens with zero attached hydrogens (tertiary/aromatic N) is 1. The summed E-state index contributed by atoms with van der Waals surface area (Å²) >= 11 is 0. The number of sulfonamides is 1. The predicted octanol–water partition coefficient (Wildman–Crippen LogP) is 25.5. The van der Waals surface area contributed by atoms with Crippen LogP contribution in [0.3, 0.4) is 0 Å². The molecule has 0 aliphatic carbocycles. The molecule has 15 rings (SSSR count). The van der Waals surface area contributed by atoms with Crippen LogP contribution < -0.4 is 16.2 Å². The molecule has 0 aromatic heterocycles.